The minimum absolute atomic E-state index is 0.174. The van der Waals surface area contributed by atoms with Crippen molar-refractivity contribution < 1.29 is 14.3 Å². The summed E-state index contributed by atoms with van der Waals surface area (Å²) in [6.07, 6.45) is 1.77. The number of nitrogens with zero attached hydrogens (tertiary/aromatic N) is 1. The molecule has 0 bridgehead atoms. The van der Waals surface area contributed by atoms with Crippen molar-refractivity contribution in [1.29, 1.82) is 0 Å². The number of ether oxygens (including phenoxy) is 2. The summed E-state index contributed by atoms with van der Waals surface area (Å²) in [7, 11) is 0. The van der Waals surface area contributed by atoms with Crippen molar-refractivity contribution in [3.05, 3.63) is 53.7 Å². The quantitative estimate of drug-likeness (QED) is 0.682. The molecule has 3 aromatic rings. The average Bonchev–Trinajstić information content (AvgIpc) is 2.93. The smallest absolute Gasteiger partial charge is 0.233 e. The third kappa shape index (κ3) is 3.33. The number of hydrogen-bond acceptors (Lipinski definition) is 4. The molecule has 1 N–H and O–H groups in total. The Morgan fingerprint density at radius 1 is 1.11 bits per heavy atom. The molecule has 2 aromatic carbocycles. The molecule has 144 valence electrons. The Balaban J connectivity index is 1.26. The van der Waals surface area contributed by atoms with E-state index in [4.69, 9.17) is 9.47 Å². The van der Waals surface area contributed by atoms with Gasteiger partial charge in [0, 0.05) is 53.0 Å². The predicted octanol–water partition coefficient (Wildman–Crippen LogP) is 4.01. The zero-order chi connectivity index (χ0) is 18.9. The number of aromatic nitrogens is 1. The third-order valence-electron chi connectivity index (χ3n) is 5.32. The van der Waals surface area contributed by atoms with E-state index in [2.05, 4.69) is 23.2 Å². The number of H-pyrrole nitrogens is 1. The summed E-state index contributed by atoms with van der Waals surface area (Å²) >= 11 is 1.55. The minimum Gasteiger partial charge on any atom is -0.490 e. The average molecular weight is 394 g/mol. The van der Waals surface area contributed by atoms with Gasteiger partial charge in [-0.1, -0.05) is 18.2 Å². The minimum atomic E-state index is 0.174. The van der Waals surface area contributed by atoms with E-state index < -0.39 is 0 Å². The van der Waals surface area contributed by atoms with Crippen LogP contribution in [-0.2, 0) is 17.8 Å². The Morgan fingerprint density at radius 2 is 1.96 bits per heavy atom. The van der Waals surface area contributed by atoms with Crippen LogP contribution >= 0.6 is 11.8 Å². The first-order valence-corrected chi connectivity index (χ1v) is 10.7. The molecule has 0 aliphatic carbocycles. The van der Waals surface area contributed by atoms with Crippen LogP contribution in [0.3, 0.4) is 0 Å². The van der Waals surface area contributed by atoms with Crippen LogP contribution in [0.25, 0.3) is 10.9 Å². The highest BCUT2D eigenvalue weighted by Gasteiger charge is 2.24. The van der Waals surface area contributed by atoms with Crippen molar-refractivity contribution in [3.63, 3.8) is 0 Å². The predicted molar refractivity (Wildman–Crippen MR) is 110 cm³/mol. The van der Waals surface area contributed by atoms with Crippen molar-refractivity contribution in [3.8, 4) is 11.5 Å². The van der Waals surface area contributed by atoms with Crippen molar-refractivity contribution in [2.75, 3.05) is 25.5 Å². The molecule has 1 amide bonds. The van der Waals surface area contributed by atoms with E-state index >= 15 is 0 Å². The zero-order valence-electron chi connectivity index (χ0n) is 15.6. The number of amides is 1. The van der Waals surface area contributed by atoms with E-state index in [1.165, 1.54) is 16.6 Å². The fourth-order valence-corrected chi connectivity index (χ4v) is 4.68. The van der Waals surface area contributed by atoms with Gasteiger partial charge < -0.3 is 19.4 Å². The fourth-order valence-electron chi connectivity index (χ4n) is 3.85. The molecule has 0 saturated carbocycles. The van der Waals surface area contributed by atoms with E-state index in [9.17, 15) is 4.79 Å². The highest BCUT2D eigenvalue weighted by molar-refractivity contribution is 8.00. The monoisotopic (exact) mass is 394 g/mol. The Kier molecular flexibility index (Phi) is 4.64. The first-order valence-electron chi connectivity index (χ1n) is 9.66. The number of para-hydroxylation sites is 1. The van der Waals surface area contributed by atoms with E-state index in [1.807, 2.05) is 29.2 Å². The van der Waals surface area contributed by atoms with E-state index in [0.717, 1.165) is 41.3 Å². The van der Waals surface area contributed by atoms with Crippen molar-refractivity contribution in [2.24, 2.45) is 0 Å². The molecule has 6 heteroatoms. The second-order valence-corrected chi connectivity index (χ2v) is 8.19. The Bertz CT molecular complexity index is 1030. The number of rotatable bonds is 3. The van der Waals surface area contributed by atoms with Gasteiger partial charge in [0.1, 0.15) is 0 Å². The van der Waals surface area contributed by atoms with Crippen LogP contribution in [0.2, 0.25) is 0 Å². The Morgan fingerprint density at radius 3 is 2.89 bits per heavy atom. The maximum atomic E-state index is 12.8. The lowest BCUT2D eigenvalue weighted by Gasteiger charge is -2.27. The summed E-state index contributed by atoms with van der Waals surface area (Å²) < 4.78 is 11.4. The molecule has 3 heterocycles. The SMILES string of the molecule is O=C(CSc1ccc2c(c1)OCCCO2)N1CCc2[nH]c3ccccc3c2C1. The standard InChI is InChI=1S/C22H22N2O3S/c25-22(14-28-15-6-7-20-21(12-15)27-11-3-10-26-20)24-9-8-19-17(13-24)16-4-1-2-5-18(16)23-19/h1-2,4-7,12,23H,3,8-11,13-14H2. The van der Waals surface area contributed by atoms with Gasteiger partial charge in [-0.25, -0.2) is 0 Å². The first-order chi connectivity index (χ1) is 13.8. The van der Waals surface area contributed by atoms with Crippen molar-refractivity contribution in [2.45, 2.75) is 24.3 Å². The normalized spacial score (nSPS) is 15.9. The molecule has 2 aliphatic heterocycles. The molecule has 0 saturated heterocycles. The summed E-state index contributed by atoms with van der Waals surface area (Å²) in [6.45, 7) is 2.80. The molecule has 0 radical (unpaired) electrons. The molecule has 5 nitrogen and oxygen atoms in total. The number of aromatic amines is 1. The molecule has 28 heavy (non-hydrogen) atoms. The van der Waals surface area contributed by atoms with Crippen molar-refractivity contribution >= 4 is 28.6 Å². The number of thioether (sulfide) groups is 1. The lowest BCUT2D eigenvalue weighted by molar-refractivity contribution is -0.129. The van der Waals surface area contributed by atoms with Gasteiger partial charge >= 0.3 is 0 Å². The van der Waals surface area contributed by atoms with Crippen molar-refractivity contribution in [1.82, 2.24) is 9.88 Å². The second-order valence-electron chi connectivity index (χ2n) is 7.14. The molecule has 0 spiro atoms. The van der Waals surface area contributed by atoms with Crippen LogP contribution in [0, 0.1) is 0 Å². The Labute approximate surface area is 168 Å². The van der Waals surface area contributed by atoms with Crippen LogP contribution in [0.1, 0.15) is 17.7 Å². The van der Waals surface area contributed by atoms with E-state index in [1.54, 1.807) is 11.8 Å². The largest absolute Gasteiger partial charge is 0.490 e. The molecule has 5 rings (SSSR count). The van der Waals surface area contributed by atoms with E-state index in [-0.39, 0.29) is 5.91 Å². The van der Waals surface area contributed by atoms with E-state index in [0.29, 0.717) is 25.5 Å². The van der Waals surface area contributed by atoms with Crippen LogP contribution in [0.4, 0.5) is 0 Å². The number of benzene rings is 2. The number of hydrogen-bond donors (Lipinski definition) is 1. The van der Waals surface area contributed by atoms with Crippen LogP contribution in [0.5, 0.6) is 11.5 Å². The summed E-state index contributed by atoms with van der Waals surface area (Å²) in [5.41, 5.74) is 3.68. The molecular weight excluding hydrogens is 372 g/mol. The highest BCUT2D eigenvalue weighted by Crippen LogP contribution is 2.34. The van der Waals surface area contributed by atoms with Gasteiger partial charge in [0.15, 0.2) is 11.5 Å². The van der Waals surface area contributed by atoms with Gasteiger partial charge in [-0.15, -0.1) is 11.8 Å². The van der Waals surface area contributed by atoms with Gasteiger partial charge in [0.25, 0.3) is 0 Å². The van der Waals surface area contributed by atoms with Crippen LogP contribution in [-0.4, -0.2) is 41.3 Å². The molecular formula is C22H22N2O3S. The van der Waals surface area contributed by atoms with Crippen LogP contribution in [0.15, 0.2) is 47.4 Å². The van der Waals surface area contributed by atoms with Crippen LogP contribution < -0.4 is 9.47 Å². The van der Waals surface area contributed by atoms with Gasteiger partial charge in [0.2, 0.25) is 5.91 Å². The second kappa shape index (κ2) is 7.43. The zero-order valence-corrected chi connectivity index (χ0v) is 16.4. The topological polar surface area (TPSA) is 54.6 Å². The fraction of sp³-hybridized carbons (Fsp3) is 0.318. The molecule has 1 aromatic heterocycles. The highest BCUT2D eigenvalue weighted by atomic mass is 32.2. The first kappa shape index (κ1) is 17.5. The molecule has 0 unspecified atom stereocenters. The molecule has 0 fully saturated rings. The van der Waals surface area contributed by atoms with Gasteiger partial charge in [-0.05, 0) is 24.3 Å². The number of carbonyl (C=O) groups is 1. The summed E-state index contributed by atoms with van der Waals surface area (Å²) in [5.74, 6) is 2.16. The van der Waals surface area contributed by atoms with Gasteiger partial charge in [-0.3, -0.25) is 4.79 Å². The third-order valence-corrected chi connectivity index (χ3v) is 6.30. The maximum absolute atomic E-state index is 12.8. The number of fused-ring (bicyclic) bond motifs is 4. The summed E-state index contributed by atoms with van der Waals surface area (Å²) in [6, 6.07) is 14.2. The lowest BCUT2D eigenvalue weighted by Crippen LogP contribution is -2.36. The molecule has 2 aliphatic rings. The summed E-state index contributed by atoms with van der Waals surface area (Å²) in [5, 5.41) is 1.23. The van der Waals surface area contributed by atoms with Gasteiger partial charge in [0.05, 0.1) is 19.0 Å². The van der Waals surface area contributed by atoms with Gasteiger partial charge in [-0.2, -0.15) is 0 Å². The Hall–Kier alpha value is -2.60. The number of carbonyl (C=O) groups excluding carboxylic acids is 1. The lowest BCUT2D eigenvalue weighted by atomic mass is 10.0. The molecule has 0 atom stereocenters. The summed E-state index contributed by atoms with van der Waals surface area (Å²) in [4.78, 5) is 19.3. The number of nitrogens with one attached hydrogen (secondary N) is 1. The maximum Gasteiger partial charge on any atom is 0.233 e.